The van der Waals surface area contributed by atoms with E-state index in [1.807, 2.05) is 12.1 Å². The maximum Gasteiger partial charge on any atom is 0.256 e. The molecule has 0 radical (unpaired) electrons. The molecule has 0 bridgehead atoms. The molecule has 0 spiro atoms. The second-order valence-corrected chi connectivity index (χ2v) is 4.82. The van der Waals surface area contributed by atoms with Gasteiger partial charge < -0.3 is 5.32 Å². The molecular formula is C11H7ClIN3O. The van der Waals surface area contributed by atoms with Crippen LogP contribution in [0.5, 0.6) is 0 Å². The molecule has 4 nitrogen and oxygen atoms in total. The molecule has 0 aliphatic heterocycles. The fraction of sp³-hybridized carbons (Fsp3) is 0. The first-order valence-corrected chi connectivity index (χ1v) is 6.15. The highest BCUT2D eigenvalue weighted by molar-refractivity contribution is 14.1. The second kappa shape index (κ2) is 5.42. The zero-order chi connectivity index (χ0) is 12.3. The van der Waals surface area contributed by atoms with E-state index in [1.54, 1.807) is 12.1 Å². The van der Waals surface area contributed by atoms with Gasteiger partial charge in [0.2, 0.25) is 0 Å². The highest BCUT2D eigenvalue weighted by Gasteiger charge is 2.06. The summed E-state index contributed by atoms with van der Waals surface area (Å²) in [6.07, 6.45) is 2.79. The standard InChI is InChI=1S/C11H7ClIN3O/c12-9-5-15-10(6-14-9)16-11(17)7-1-3-8(13)4-2-7/h1-6H,(H,15,16,17). The number of carbonyl (C=O) groups excluding carboxylic acids is 1. The molecule has 17 heavy (non-hydrogen) atoms. The van der Waals surface area contributed by atoms with Gasteiger partial charge in [0.1, 0.15) is 5.15 Å². The molecule has 1 aromatic heterocycles. The van der Waals surface area contributed by atoms with Crippen LogP contribution in [0.3, 0.4) is 0 Å². The number of nitrogens with zero attached hydrogens (tertiary/aromatic N) is 2. The van der Waals surface area contributed by atoms with Crippen LogP contribution in [-0.2, 0) is 0 Å². The summed E-state index contributed by atoms with van der Waals surface area (Å²) in [6, 6.07) is 7.23. The molecule has 1 N–H and O–H groups in total. The van der Waals surface area contributed by atoms with Gasteiger partial charge in [-0.15, -0.1) is 0 Å². The van der Waals surface area contributed by atoms with Crippen molar-refractivity contribution in [3.8, 4) is 0 Å². The van der Waals surface area contributed by atoms with Crippen molar-refractivity contribution in [3.05, 3.63) is 50.9 Å². The van der Waals surface area contributed by atoms with E-state index in [9.17, 15) is 4.79 Å². The Kier molecular flexibility index (Phi) is 3.90. The molecule has 1 aromatic carbocycles. The number of halogens is 2. The van der Waals surface area contributed by atoms with Crippen molar-refractivity contribution in [1.29, 1.82) is 0 Å². The lowest BCUT2D eigenvalue weighted by Gasteiger charge is -2.03. The Hall–Kier alpha value is -1.21. The first-order valence-electron chi connectivity index (χ1n) is 4.69. The third-order valence-corrected chi connectivity index (χ3v) is 2.88. The summed E-state index contributed by atoms with van der Waals surface area (Å²) >= 11 is 7.77. The van der Waals surface area contributed by atoms with Gasteiger partial charge in [-0.2, -0.15) is 0 Å². The Labute approximate surface area is 117 Å². The SMILES string of the molecule is O=C(Nc1cnc(Cl)cn1)c1ccc(I)cc1. The first kappa shape index (κ1) is 12.3. The van der Waals surface area contributed by atoms with Crippen molar-refractivity contribution < 1.29 is 4.79 Å². The highest BCUT2D eigenvalue weighted by Crippen LogP contribution is 2.10. The predicted molar refractivity (Wildman–Crippen MR) is 74.2 cm³/mol. The number of hydrogen-bond donors (Lipinski definition) is 1. The van der Waals surface area contributed by atoms with Crippen molar-refractivity contribution in [2.45, 2.75) is 0 Å². The van der Waals surface area contributed by atoms with Crippen LogP contribution in [0.1, 0.15) is 10.4 Å². The molecule has 6 heteroatoms. The molecular weight excluding hydrogens is 352 g/mol. The number of anilines is 1. The smallest absolute Gasteiger partial charge is 0.256 e. The number of rotatable bonds is 2. The minimum atomic E-state index is -0.224. The molecule has 1 heterocycles. The number of nitrogens with one attached hydrogen (secondary N) is 1. The molecule has 0 aliphatic carbocycles. The van der Waals surface area contributed by atoms with Crippen LogP contribution in [0, 0.1) is 3.57 Å². The van der Waals surface area contributed by atoms with Crippen LogP contribution >= 0.6 is 34.2 Å². The summed E-state index contributed by atoms with van der Waals surface area (Å²) in [5, 5.41) is 2.92. The molecule has 0 unspecified atom stereocenters. The molecule has 2 aromatic rings. The normalized spacial score (nSPS) is 10.0. The molecule has 86 valence electrons. The zero-order valence-corrected chi connectivity index (χ0v) is 11.4. The third-order valence-electron chi connectivity index (χ3n) is 1.97. The van der Waals surface area contributed by atoms with Crippen molar-refractivity contribution in [3.63, 3.8) is 0 Å². The van der Waals surface area contributed by atoms with Gasteiger partial charge in [0.25, 0.3) is 5.91 Å². The van der Waals surface area contributed by atoms with Crippen LogP contribution in [0.4, 0.5) is 5.82 Å². The van der Waals surface area contributed by atoms with Crippen LogP contribution in [0.2, 0.25) is 5.15 Å². The average Bonchev–Trinajstić information content (AvgIpc) is 2.33. The first-order chi connectivity index (χ1) is 8.15. The molecule has 0 atom stereocenters. The topological polar surface area (TPSA) is 54.9 Å². The summed E-state index contributed by atoms with van der Waals surface area (Å²) in [5.41, 5.74) is 0.571. The van der Waals surface area contributed by atoms with Gasteiger partial charge in [0.05, 0.1) is 12.4 Å². The van der Waals surface area contributed by atoms with Crippen LogP contribution < -0.4 is 5.32 Å². The average molecular weight is 360 g/mol. The maximum atomic E-state index is 11.8. The highest BCUT2D eigenvalue weighted by atomic mass is 127. The quantitative estimate of drug-likeness (QED) is 0.839. The molecule has 1 amide bonds. The number of benzene rings is 1. The minimum Gasteiger partial charge on any atom is -0.305 e. The van der Waals surface area contributed by atoms with Gasteiger partial charge in [-0.1, -0.05) is 11.6 Å². The van der Waals surface area contributed by atoms with Gasteiger partial charge in [-0.3, -0.25) is 4.79 Å². The van der Waals surface area contributed by atoms with E-state index < -0.39 is 0 Å². The Balaban J connectivity index is 2.11. The van der Waals surface area contributed by atoms with Gasteiger partial charge in [-0.05, 0) is 46.9 Å². The largest absolute Gasteiger partial charge is 0.305 e. The Morgan fingerprint density at radius 2 is 1.88 bits per heavy atom. The van der Waals surface area contributed by atoms with E-state index in [1.165, 1.54) is 12.4 Å². The summed E-state index contributed by atoms with van der Waals surface area (Å²) in [4.78, 5) is 19.6. The van der Waals surface area contributed by atoms with E-state index in [-0.39, 0.29) is 11.1 Å². The molecule has 0 aliphatic rings. The summed E-state index contributed by atoms with van der Waals surface area (Å²) in [5.74, 6) is 0.149. The van der Waals surface area contributed by atoms with Crippen LogP contribution in [0.15, 0.2) is 36.7 Å². The lowest BCUT2D eigenvalue weighted by molar-refractivity contribution is 0.102. The summed E-state index contributed by atoms with van der Waals surface area (Å²) in [7, 11) is 0. The van der Waals surface area contributed by atoms with Crippen molar-refractivity contribution >= 4 is 45.9 Å². The predicted octanol–water partition coefficient (Wildman–Crippen LogP) is 2.99. The Morgan fingerprint density at radius 1 is 1.18 bits per heavy atom. The third kappa shape index (κ3) is 3.37. The number of amides is 1. The maximum absolute atomic E-state index is 11.8. The van der Waals surface area contributed by atoms with Crippen molar-refractivity contribution in [1.82, 2.24) is 9.97 Å². The fourth-order valence-corrected chi connectivity index (χ4v) is 1.62. The number of aromatic nitrogens is 2. The second-order valence-electron chi connectivity index (χ2n) is 3.19. The van der Waals surface area contributed by atoms with E-state index in [0.717, 1.165) is 3.57 Å². The van der Waals surface area contributed by atoms with E-state index >= 15 is 0 Å². The molecule has 0 fully saturated rings. The molecule has 0 saturated heterocycles. The van der Waals surface area contributed by atoms with Gasteiger partial charge in [-0.25, -0.2) is 9.97 Å². The lowest BCUT2D eigenvalue weighted by Crippen LogP contribution is -2.12. The minimum absolute atomic E-state index is 0.224. The van der Waals surface area contributed by atoms with Gasteiger partial charge in [0.15, 0.2) is 5.82 Å². The van der Waals surface area contributed by atoms with E-state index in [0.29, 0.717) is 11.4 Å². The molecule has 0 saturated carbocycles. The number of carbonyl (C=O) groups is 1. The summed E-state index contributed by atoms with van der Waals surface area (Å²) < 4.78 is 1.07. The van der Waals surface area contributed by atoms with Crippen molar-refractivity contribution in [2.24, 2.45) is 0 Å². The van der Waals surface area contributed by atoms with Gasteiger partial charge >= 0.3 is 0 Å². The van der Waals surface area contributed by atoms with Crippen LogP contribution in [0.25, 0.3) is 0 Å². The molecule has 2 rings (SSSR count). The van der Waals surface area contributed by atoms with Gasteiger partial charge in [0, 0.05) is 9.13 Å². The van der Waals surface area contributed by atoms with E-state index in [4.69, 9.17) is 11.6 Å². The number of hydrogen-bond acceptors (Lipinski definition) is 3. The fourth-order valence-electron chi connectivity index (χ4n) is 1.17. The monoisotopic (exact) mass is 359 g/mol. The lowest BCUT2D eigenvalue weighted by atomic mass is 10.2. The van der Waals surface area contributed by atoms with Crippen molar-refractivity contribution in [2.75, 3.05) is 5.32 Å². The summed E-state index contributed by atoms with van der Waals surface area (Å²) in [6.45, 7) is 0. The Morgan fingerprint density at radius 3 is 2.47 bits per heavy atom. The zero-order valence-electron chi connectivity index (χ0n) is 8.52. The van der Waals surface area contributed by atoms with Crippen LogP contribution in [-0.4, -0.2) is 15.9 Å². The Bertz CT molecular complexity index is 527. The van der Waals surface area contributed by atoms with E-state index in [2.05, 4.69) is 37.9 Å².